The summed E-state index contributed by atoms with van der Waals surface area (Å²) in [6.07, 6.45) is 13.5. The molecule has 25 heteroatoms. The monoisotopic (exact) mass is 1260 g/mol. The normalized spacial score (nSPS) is 18.2. The lowest BCUT2D eigenvalue weighted by atomic mass is 9.89. The largest absolute Gasteiger partial charge is 0.550 e. The SMILES string of the molecule is CC[C@@H]1C(=O)OC[C@@H]1Cc1c[n+](COC(=O)c2ccccc2C)cn1C.CC[C@@H]1C(=O)OC[C@@H]1Cc1c[n+](COC(=O)c2ccccc2C)cn1C.CC[C@@H]1C(=O)OC[C@@H]1Cc1c[n+](COC(=O)c2ccccc2C)cn1C.O=C([O-])CC(O)(CC(=O)[O-])C(=O)[O-]. The molecule has 3 aliphatic heterocycles. The quantitative estimate of drug-likeness (QED) is 0.0536. The number of hydrogen-bond acceptors (Lipinski definition) is 19. The molecule has 0 radical (unpaired) electrons. The lowest BCUT2D eigenvalue weighted by Crippen LogP contribution is -2.54. The number of aryl methyl sites for hydroxylation is 6. The number of nitrogens with zero attached hydrogens (tertiary/aromatic N) is 6. The number of esters is 6. The van der Waals surface area contributed by atoms with Crippen molar-refractivity contribution in [1.82, 2.24) is 13.7 Å². The average molecular weight is 1260 g/mol. The molecule has 0 saturated carbocycles. The molecule has 0 aliphatic carbocycles. The Bertz CT molecular complexity index is 3230. The summed E-state index contributed by atoms with van der Waals surface area (Å²) in [5.41, 5.74) is 4.70. The summed E-state index contributed by atoms with van der Waals surface area (Å²) in [7, 11) is 5.86. The van der Waals surface area contributed by atoms with Crippen molar-refractivity contribution >= 4 is 53.7 Å². The molecule has 6 aromatic rings. The van der Waals surface area contributed by atoms with E-state index in [0.29, 0.717) is 36.5 Å². The van der Waals surface area contributed by atoms with Crippen LogP contribution in [-0.4, -0.2) is 98.0 Å². The van der Waals surface area contributed by atoms with Crippen LogP contribution in [0.25, 0.3) is 0 Å². The maximum absolute atomic E-state index is 12.2. The fourth-order valence-electron chi connectivity index (χ4n) is 11.1. The molecule has 0 unspecified atom stereocenters. The summed E-state index contributed by atoms with van der Waals surface area (Å²) in [6.45, 7) is 13.6. The maximum atomic E-state index is 12.2. The van der Waals surface area contributed by atoms with Gasteiger partial charge in [-0.15, -0.1) is 0 Å². The number of cyclic esters (lactones) is 3. The summed E-state index contributed by atoms with van der Waals surface area (Å²) >= 11 is 0. The predicted molar refractivity (Wildman–Crippen MR) is 312 cm³/mol. The van der Waals surface area contributed by atoms with Crippen LogP contribution in [0.1, 0.15) is 118 Å². The van der Waals surface area contributed by atoms with Crippen LogP contribution in [0.4, 0.5) is 0 Å². The summed E-state index contributed by atoms with van der Waals surface area (Å²) in [5, 5.41) is 38.9. The molecule has 3 aromatic heterocycles. The van der Waals surface area contributed by atoms with E-state index < -0.39 is 36.4 Å². The van der Waals surface area contributed by atoms with E-state index in [1.54, 1.807) is 18.2 Å². The lowest BCUT2D eigenvalue weighted by molar-refractivity contribution is -0.727. The molecule has 3 aromatic carbocycles. The molecule has 488 valence electrons. The van der Waals surface area contributed by atoms with Crippen LogP contribution in [0.2, 0.25) is 0 Å². The fourth-order valence-corrected chi connectivity index (χ4v) is 11.1. The Morgan fingerprint density at radius 1 is 0.495 bits per heavy atom. The second-order valence-corrected chi connectivity index (χ2v) is 23.0. The fraction of sp³-hybridized carbons (Fsp3) is 0.455. The molecule has 91 heavy (non-hydrogen) atoms. The number of carbonyl (C=O) groups is 9. The molecule has 3 aliphatic rings. The van der Waals surface area contributed by atoms with Gasteiger partial charge >= 0.3 is 35.8 Å². The molecule has 0 bridgehead atoms. The van der Waals surface area contributed by atoms with E-state index in [9.17, 15) is 58.5 Å². The molecule has 25 nitrogen and oxygen atoms in total. The first-order chi connectivity index (χ1) is 43.2. The highest BCUT2D eigenvalue weighted by molar-refractivity contribution is 5.92. The van der Waals surface area contributed by atoms with Crippen LogP contribution in [0.5, 0.6) is 0 Å². The number of hydrogen-bond donors (Lipinski definition) is 1. The van der Waals surface area contributed by atoms with E-state index in [-0.39, 0.29) is 91.5 Å². The van der Waals surface area contributed by atoms with Gasteiger partial charge in [0, 0.05) is 61.8 Å². The number of carboxylic acids is 3. The van der Waals surface area contributed by atoms with E-state index >= 15 is 0 Å². The van der Waals surface area contributed by atoms with E-state index in [0.717, 1.165) is 72.3 Å². The number of rotatable bonds is 23. The summed E-state index contributed by atoms with van der Waals surface area (Å²) in [4.78, 5) is 102. The molecular weight excluding hydrogens is 1180 g/mol. The topological polar surface area (TPSA) is 325 Å². The first-order valence-corrected chi connectivity index (χ1v) is 29.9. The molecule has 0 spiro atoms. The zero-order valence-electron chi connectivity index (χ0n) is 52.7. The Morgan fingerprint density at radius 2 is 0.758 bits per heavy atom. The number of carbonyl (C=O) groups excluding carboxylic acids is 9. The van der Waals surface area contributed by atoms with Crippen LogP contribution in [-0.2, 0) is 118 Å². The number of aromatic nitrogens is 6. The van der Waals surface area contributed by atoms with E-state index in [2.05, 4.69) is 0 Å². The Balaban J connectivity index is 0.000000198. The molecule has 6 atom stereocenters. The Morgan fingerprint density at radius 3 is 0.989 bits per heavy atom. The number of imidazole rings is 3. The highest BCUT2D eigenvalue weighted by Gasteiger charge is 2.39. The Hall–Kier alpha value is -9.52. The Kier molecular flexibility index (Phi) is 25.4. The van der Waals surface area contributed by atoms with Crippen molar-refractivity contribution in [1.29, 1.82) is 0 Å². The number of ether oxygens (including phenoxy) is 6. The van der Waals surface area contributed by atoms with Crippen molar-refractivity contribution < 1.29 is 106 Å². The maximum Gasteiger partial charge on any atom is 0.341 e. The number of carboxylic acid groups (broad SMARTS) is 3. The smallest absolute Gasteiger partial charge is 0.341 e. The van der Waals surface area contributed by atoms with Gasteiger partial charge in [-0.3, -0.25) is 14.4 Å². The third kappa shape index (κ3) is 19.5. The van der Waals surface area contributed by atoms with E-state index in [4.69, 9.17) is 33.5 Å². The molecule has 1 N–H and O–H groups in total. The van der Waals surface area contributed by atoms with E-state index in [1.807, 2.05) is 182 Å². The van der Waals surface area contributed by atoms with Gasteiger partial charge in [-0.25, -0.2) is 41.8 Å². The first kappa shape index (κ1) is 70.6. The number of benzene rings is 3. The van der Waals surface area contributed by atoms with Gasteiger partial charge in [0.15, 0.2) is 0 Å². The van der Waals surface area contributed by atoms with Gasteiger partial charge < -0.3 is 63.2 Å². The minimum atomic E-state index is -2.97. The van der Waals surface area contributed by atoms with Gasteiger partial charge in [0.05, 0.1) is 81.4 Å². The van der Waals surface area contributed by atoms with Crippen LogP contribution in [0, 0.1) is 56.3 Å². The van der Waals surface area contributed by atoms with Crippen LogP contribution >= 0.6 is 0 Å². The van der Waals surface area contributed by atoms with Crippen LogP contribution < -0.4 is 29.0 Å². The van der Waals surface area contributed by atoms with Gasteiger partial charge in [0.25, 0.3) is 0 Å². The van der Waals surface area contributed by atoms with E-state index in [1.165, 1.54) is 0 Å². The summed E-state index contributed by atoms with van der Waals surface area (Å²) in [6, 6.07) is 22.1. The van der Waals surface area contributed by atoms with Crippen molar-refractivity contribution in [3.8, 4) is 0 Å². The zero-order valence-corrected chi connectivity index (χ0v) is 52.7. The van der Waals surface area contributed by atoms with Crippen molar-refractivity contribution in [3.05, 3.63) is 161 Å². The van der Waals surface area contributed by atoms with Crippen LogP contribution in [0.3, 0.4) is 0 Å². The van der Waals surface area contributed by atoms with Gasteiger partial charge in [0.1, 0.15) is 41.3 Å². The average Bonchev–Trinajstić information content (AvgIpc) is 1.82. The molecule has 3 fully saturated rings. The molecule has 9 rings (SSSR count). The minimum absolute atomic E-state index is 0.0303. The lowest BCUT2D eigenvalue weighted by Gasteiger charge is -2.29. The first-order valence-electron chi connectivity index (χ1n) is 29.9. The number of aliphatic carboxylic acids is 3. The van der Waals surface area contributed by atoms with Crippen molar-refractivity contribution in [2.45, 2.75) is 119 Å². The van der Waals surface area contributed by atoms with Crippen molar-refractivity contribution in [2.75, 3.05) is 19.8 Å². The van der Waals surface area contributed by atoms with Crippen LogP contribution in [0.15, 0.2) is 110 Å². The van der Waals surface area contributed by atoms with Gasteiger partial charge in [-0.1, -0.05) is 75.4 Å². The predicted octanol–water partition coefficient (Wildman–Crippen LogP) is 1.28. The van der Waals surface area contributed by atoms with Gasteiger partial charge in [0.2, 0.25) is 39.2 Å². The number of aliphatic hydroxyl groups is 1. The summed E-state index contributed by atoms with van der Waals surface area (Å²) < 4.78 is 43.4. The standard InChI is InChI=1S/3C20H25N2O4.C6H8O7/c3*1-4-17-15(11-25-19(17)23)9-16-10-22(12-21(16)3)13-26-20(24)18-8-6-5-7-14(18)2;7-3(8)1-6(13,5(11)12)2-4(9)10/h3*5-8,10,12,15,17H,4,9,11,13H2,1-3H3;13H,1-2H2,(H,7,8)(H,9,10)(H,11,12)/q3*+1;/p-3/t3*15-,17-;/m000./s1. The molecular formula is C66H80N6O19. The Labute approximate surface area is 527 Å². The second-order valence-electron chi connectivity index (χ2n) is 23.0. The third-order valence-corrected chi connectivity index (χ3v) is 16.3. The highest BCUT2D eigenvalue weighted by atomic mass is 16.6. The van der Waals surface area contributed by atoms with Gasteiger partial charge in [-0.05, 0) is 74.9 Å². The molecule has 0 amide bonds. The zero-order chi connectivity index (χ0) is 66.7. The van der Waals surface area contributed by atoms with Gasteiger partial charge in [-0.2, -0.15) is 0 Å². The minimum Gasteiger partial charge on any atom is -0.550 e. The third-order valence-electron chi connectivity index (χ3n) is 16.3. The molecule has 3 saturated heterocycles. The highest BCUT2D eigenvalue weighted by Crippen LogP contribution is 2.30. The molecule has 6 heterocycles. The van der Waals surface area contributed by atoms with Crippen molar-refractivity contribution in [3.63, 3.8) is 0 Å². The van der Waals surface area contributed by atoms with Crippen molar-refractivity contribution in [2.24, 2.45) is 56.7 Å². The summed E-state index contributed by atoms with van der Waals surface area (Å²) in [5.74, 6) is -6.75. The second kappa shape index (κ2) is 32.8.